The van der Waals surface area contributed by atoms with Crippen LogP contribution >= 0.6 is 0 Å². The number of aliphatic hydroxyl groups is 1. The van der Waals surface area contributed by atoms with Crippen LogP contribution in [-0.2, 0) is 9.59 Å². The van der Waals surface area contributed by atoms with E-state index in [1.54, 1.807) is 18.2 Å². The van der Waals surface area contributed by atoms with E-state index in [-0.39, 0.29) is 11.3 Å². The first-order valence-electron chi connectivity index (χ1n) is 10.2. The summed E-state index contributed by atoms with van der Waals surface area (Å²) in [5.74, 6) is -1.87. The van der Waals surface area contributed by atoms with Gasteiger partial charge in [-0.15, -0.1) is 0 Å². The molecule has 1 N–H and O–H groups in total. The van der Waals surface area contributed by atoms with Crippen molar-refractivity contribution < 1.29 is 19.6 Å². The number of nitro benzene ring substituents is 1. The monoisotopic (exact) mass is 440 g/mol. The van der Waals surface area contributed by atoms with Crippen molar-refractivity contribution in [3.05, 3.63) is 123 Å². The van der Waals surface area contributed by atoms with Gasteiger partial charge in [0.2, 0.25) is 0 Å². The second-order valence-electron chi connectivity index (χ2n) is 7.63. The Balaban J connectivity index is 1.79. The Morgan fingerprint density at radius 2 is 1.64 bits per heavy atom. The van der Waals surface area contributed by atoms with Crippen molar-refractivity contribution in [2.24, 2.45) is 0 Å². The quantitative estimate of drug-likeness (QED) is 0.327. The highest BCUT2D eigenvalue weighted by molar-refractivity contribution is 6.19. The third kappa shape index (κ3) is 4.29. The van der Waals surface area contributed by atoms with Crippen LogP contribution in [0, 0.1) is 17.0 Å². The Kier molecular flexibility index (Phi) is 5.87. The fourth-order valence-corrected chi connectivity index (χ4v) is 3.75. The lowest BCUT2D eigenvalue weighted by atomic mass is 9.95. The average molecular weight is 440 g/mol. The largest absolute Gasteiger partial charge is 0.503 e. The lowest BCUT2D eigenvalue weighted by Gasteiger charge is -2.26. The van der Waals surface area contributed by atoms with Crippen molar-refractivity contribution in [1.82, 2.24) is 0 Å². The molecule has 1 heterocycles. The molecule has 0 fully saturated rings. The van der Waals surface area contributed by atoms with Crippen molar-refractivity contribution in [3.63, 3.8) is 0 Å². The Morgan fingerprint density at radius 1 is 1.00 bits per heavy atom. The normalized spacial score (nSPS) is 16.0. The van der Waals surface area contributed by atoms with Gasteiger partial charge in [-0.25, -0.2) is 0 Å². The summed E-state index contributed by atoms with van der Waals surface area (Å²) in [7, 11) is 0. The van der Waals surface area contributed by atoms with Crippen LogP contribution in [0.15, 0.2) is 96.3 Å². The lowest BCUT2D eigenvalue weighted by molar-refractivity contribution is -0.384. The number of hydrogen-bond donors (Lipinski definition) is 1. The number of non-ortho nitro benzene ring substituents is 1. The number of benzene rings is 3. The molecule has 1 aliphatic heterocycles. The number of amides is 1. The molecule has 1 atom stereocenters. The van der Waals surface area contributed by atoms with Gasteiger partial charge in [-0.1, -0.05) is 54.1 Å². The van der Waals surface area contributed by atoms with Crippen LogP contribution in [0.1, 0.15) is 22.7 Å². The smallest absolute Gasteiger partial charge is 0.294 e. The molecule has 3 aromatic carbocycles. The molecule has 0 aromatic heterocycles. The minimum atomic E-state index is -0.936. The summed E-state index contributed by atoms with van der Waals surface area (Å²) in [5, 5.41) is 21.8. The van der Waals surface area contributed by atoms with Crippen molar-refractivity contribution in [1.29, 1.82) is 0 Å². The maximum absolute atomic E-state index is 13.2. The van der Waals surface area contributed by atoms with Gasteiger partial charge < -0.3 is 5.11 Å². The molecule has 0 aliphatic carbocycles. The van der Waals surface area contributed by atoms with Crippen molar-refractivity contribution in [2.45, 2.75) is 13.0 Å². The van der Waals surface area contributed by atoms with E-state index in [2.05, 4.69) is 0 Å². The maximum atomic E-state index is 13.2. The van der Waals surface area contributed by atoms with Gasteiger partial charge in [-0.05, 0) is 48.4 Å². The number of allylic oxidation sites excluding steroid dienone is 1. The number of nitrogens with zero attached hydrogens (tertiary/aromatic N) is 2. The summed E-state index contributed by atoms with van der Waals surface area (Å²) in [6.07, 6.45) is 2.92. The van der Waals surface area contributed by atoms with Gasteiger partial charge in [0, 0.05) is 17.8 Å². The average Bonchev–Trinajstić information content (AvgIpc) is 3.09. The molecule has 164 valence electrons. The highest BCUT2D eigenvalue weighted by atomic mass is 16.6. The lowest BCUT2D eigenvalue weighted by Crippen LogP contribution is -2.30. The first kappa shape index (κ1) is 21.7. The van der Waals surface area contributed by atoms with Crippen LogP contribution < -0.4 is 4.90 Å². The minimum absolute atomic E-state index is 0.0818. The van der Waals surface area contributed by atoms with Crippen LogP contribution in [0.5, 0.6) is 0 Å². The van der Waals surface area contributed by atoms with Crippen molar-refractivity contribution in [2.75, 3.05) is 4.90 Å². The summed E-state index contributed by atoms with van der Waals surface area (Å²) in [6, 6.07) is 20.9. The fraction of sp³-hybridized carbons (Fsp3) is 0.0769. The van der Waals surface area contributed by atoms with Crippen molar-refractivity contribution in [3.8, 4) is 0 Å². The number of anilines is 1. The van der Waals surface area contributed by atoms with Gasteiger partial charge in [0.15, 0.2) is 11.5 Å². The second-order valence-corrected chi connectivity index (χ2v) is 7.63. The Hall–Kier alpha value is -4.52. The summed E-state index contributed by atoms with van der Waals surface area (Å²) < 4.78 is 0. The van der Waals surface area contributed by atoms with Gasteiger partial charge in [-0.2, -0.15) is 0 Å². The van der Waals surface area contributed by atoms with E-state index in [0.29, 0.717) is 11.3 Å². The van der Waals surface area contributed by atoms with E-state index in [0.717, 1.165) is 11.1 Å². The number of ketones is 1. The Bertz CT molecular complexity index is 1280. The second kappa shape index (κ2) is 8.92. The van der Waals surface area contributed by atoms with E-state index in [1.165, 1.54) is 35.2 Å². The van der Waals surface area contributed by atoms with E-state index in [1.807, 2.05) is 49.4 Å². The minimum Gasteiger partial charge on any atom is -0.503 e. The molecule has 3 aromatic rings. The molecule has 0 saturated heterocycles. The Morgan fingerprint density at radius 3 is 2.24 bits per heavy atom. The van der Waals surface area contributed by atoms with Gasteiger partial charge in [-0.3, -0.25) is 24.6 Å². The molecule has 1 aliphatic rings. The third-order valence-electron chi connectivity index (χ3n) is 5.43. The molecule has 7 nitrogen and oxygen atoms in total. The van der Waals surface area contributed by atoms with E-state index in [4.69, 9.17) is 0 Å². The number of rotatable bonds is 6. The zero-order chi connectivity index (χ0) is 23.5. The fourth-order valence-electron chi connectivity index (χ4n) is 3.75. The zero-order valence-electron chi connectivity index (χ0n) is 17.7. The number of aryl methyl sites for hydroxylation is 1. The van der Waals surface area contributed by atoms with E-state index < -0.39 is 28.4 Å². The topological polar surface area (TPSA) is 101 Å². The molecular weight excluding hydrogens is 420 g/mol. The standard InChI is InChI=1S/C26H20N2O5/c1-17-7-12-20(13-8-17)27-24(19-10-14-21(15-11-19)28(32)33)23(25(30)26(27)31)22(29)16-9-18-5-3-2-4-6-18/h2-16,24,30H,1H3. The molecule has 0 bridgehead atoms. The highest BCUT2D eigenvalue weighted by Crippen LogP contribution is 2.41. The first-order valence-corrected chi connectivity index (χ1v) is 10.2. The molecule has 1 unspecified atom stereocenters. The van der Waals surface area contributed by atoms with Crippen LogP contribution in [0.25, 0.3) is 6.08 Å². The summed E-state index contributed by atoms with van der Waals surface area (Å²) >= 11 is 0. The molecule has 1 amide bonds. The van der Waals surface area contributed by atoms with E-state index >= 15 is 0 Å². The molecule has 0 saturated carbocycles. The SMILES string of the molecule is Cc1ccc(N2C(=O)C(O)=C(C(=O)C=Cc3ccccc3)C2c2ccc([N+](=O)[O-])cc2)cc1. The highest BCUT2D eigenvalue weighted by Gasteiger charge is 2.43. The maximum Gasteiger partial charge on any atom is 0.294 e. The van der Waals surface area contributed by atoms with Crippen LogP contribution in [0.2, 0.25) is 0 Å². The molecule has 4 rings (SSSR count). The third-order valence-corrected chi connectivity index (χ3v) is 5.43. The number of hydrogen-bond acceptors (Lipinski definition) is 5. The van der Waals surface area contributed by atoms with E-state index in [9.17, 15) is 24.8 Å². The van der Waals surface area contributed by atoms with Gasteiger partial charge in [0.05, 0.1) is 16.5 Å². The van der Waals surface area contributed by atoms with Gasteiger partial charge in [0.25, 0.3) is 11.6 Å². The Labute approximate surface area is 190 Å². The predicted octanol–water partition coefficient (Wildman–Crippen LogP) is 5.09. The summed E-state index contributed by atoms with van der Waals surface area (Å²) in [4.78, 5) is 38.1. The van der Waals surface area contributed by atoms with Gasteiger partial charge in [0.1, 0.15) is 0 Å². The predicted molar refractivity (Wildman–Crippen MR) is 125 cm³/mol. The number of carbonyl (C=O) groups is 2. The summed E-state index contributed by atoms with van der Waals surface area (Å²) in [5.41, 5.74) is 2.54. The molecule has 0 radical (unpaired) electrons. The zero-order valence-corrected chi connectivity index (χ0v) is 17.7. The van der Waals surface area contributed by atoms with Crippen molar-refractivity contribution >= 4 is 29.1 Å². The molecule has 0 spiro atoms. The van der Waals surface area contributed by atoms with Gasteiger partial charge >= 0.3 is 0 Å². The first-order chi connectivity index (χ1) is 15.9. The molecule has 7 heteroatoms. The number of aliphatic hydroxyl groups excluding tert-OH is 1. The molecular formula is C26H20N2O5. The van der Waals surface area contributed by atoms with Crippen LogP contribution in [0.4, 0.5) is 11.4 Å². The van der Waals surface area contributed by atoms with Crippen LogP contribution in [-0.4, -0.2) is 21.7 Å². The summed E-state index contributed by atoms with van der Waals surface area (Å²) in [6.45, 7) is 1.91. The number of carbonyl (C=O) groups excluding carboxylic acids is 2. The molecule has 33 heavy (non-hydrogen) atoms. The van der Waals surface area contributed by atoms with Crippen LogP contribution in [0.3, 0.4) is 0 Å². The number of nitro groups is 1.